The van der Waals surface area contributed by atoms with E-state index in [9.17, 15) is 9.18 Å². The van der Waals surface area contributed by atoms with Crippen LogP contribution in [0.5, 0.6) is 0 Å². The molecule has 0 saturated heterocycles. The highest BCUT2D eigenvalue weighted by Crippen LogP contribution is 2.33. The van der Waals surface area contributed by atoms with Gasteiger partial charge in [0.15, 0.2) is 0 Å². The van der Waals surface area contributed by atoms with Crippen molar-refractivity contribution in [2.45, 2.75) is 51.0 Å². The van der Waals surface area contributed by atoms with Gasteiger partial charge in [0.2, 0.25) is 5.91 Å². The summed E-state index contributed by atoms with van der Waals surface area (Å²) in [7, 11) is 0. The average Bonchev–Trinajstić information content (AvgIpc) is 3.24. The largest absolute Gasteiger partial charge is 0.374 e. The van der Waals surface area contributed by atoms with E-state index in [-0.39, 0.29) is 17.9 Å². The number of ether oxygens (including phenoxy) is 1. The standard InChI is InChI=1S/C16H22FN3O2/c17-13-5-12(6-13)16(21)19-7-14-3-4-18-20(14)9-15(8-19)22-10-11-1-2-11/h3-4,11-13,15H,1-2,5-10H2/t12?,13?,15-/m1/s1. The number of alkyl halides is 1. The Morgan fingerprint density at radius 3 is 2.91 bits per heavy atom. The monoisotopic (exact) mass is 307 g/mol. The molecule has 1 amide bonds. The molecule has 6 heteroatoms. The van der Waals surface area contributed by atoms with Gasteiger partial charge in [0.05, 0.1) is 24.9 Å². The Bertz CT molecular complexity index is 551. The van der Waals surface area contributed by atoms with Gasteiger partial charge in [-0.15, -0.1) is 0 Å². The molecule has 2 aliphatic carbocycles. The molecule has 1 aromatic heterocycles. The van der Waals surface area contributed by atoms with Crippen LogP contribution in [-0.2, 0) is 22.6 Å². The first-order valence-electron chi connectivity index (χ1n) is 8.24. The number of carbonyl (C=O) groups excluding carboxylic acids is 1. The fraction of sp³-hybridized carbons (Fsp3) is 0.750. The minimum atomic E-state index is -0.798. The minimum Gasteiger partial charge on any atom is -0.374 e. The van der Waals surface area contributed by atoms with Gasteiger partial charge in [-0.25, -0.2) is 4.39 Å². The Hall–Kier alpha value is -1.43. The molecule has 2 heterocycles. The lowest BCUT2D eigenvalue weighted by atomic mass is 9.82. The van der Waals surface area contributed by atoms with E-state index in [1.165, 1.54) is 12.8 Å². The predicted octanol–water partition coefficient (Wildman–Crippen LogP) is 1.77. The van der Waals surface area contributed by atoms with Crippen molar-refractivity contribution >= 4 is 5.91 Å². The average molecular weight is 307 g/mol. The van der Waals surface area contributed by atoms with Crippen molar-refractivity contribution in [3.63, 3.8) is 0 Å². The van der Waals surface area contributed by atoms with Gasteiger partial charge in [0, 0.05) is 25.3 Å². The maximum Gasteiger partial charge on any atom is 0.226 e. The molecular weight excluding hydrogens is 285 g/mol. The molecule has 120 valence electrons. The Morgan fingerprint density at radius 1 is 1.36 bits per heavy atom. The molecule has 0 bridgehead atoms. The molecule has 2 saturated carbocycles. The molecule has 1 aliphatic heterocycles. The lowest BCUT2D eigenvalue weighted by molar-refractivity contribution is -0.143. The number of rotatable bonds is 4. The number of hydrogen-bond donors (Lipinski definition) is 0. The van der Waals surface area contributed by atoms with Gasteiger partial charge in [-0.05, 0) is 37.7 Å². The number of nitrogens with zero attached hydrogens (tertiary/aromatic N) is 3. The van der Waals surface area contributed by atoms with Crippen LogP contribution in [0.4, 0.5) is 4.39 Å². The van der Waals surface area contributed by atoms with Gasteiger partial charge >= 0.3 is 0 Å². The smallest absolute Gasteiger partial charge is 0.226 e. The van der Waals surface area contributed by atoms with E-state index in [4.69, 9.17) is 4.74 Å². The summed E-state index contributed by atoms with van der Waals surface area (Å²) in [5.74, 6) is 0.626. The van der Waals surface area contributed by atoms with Crippen LogP contribution in [0.25, 0.3) is 0 Å². The molecule has 1 aromatic rings. The number of amides is 1. The van der Waals surface area contributed by atoms with Crippen LogP contribution in [0.15, 0.2) is 12.3 Å². The molecule has 0 aromatic carbocycles. The van der Waals surface area contributed by atoms with E-state index < -0.39 is 6.17 Å². The third kappa shape index (κ3) is 2.89. The zero-order chi connectivity index (χ0) is 15.1. The zero-order valence-corrected chi connectivity index (χ0v) is 12.7. The maximum absolute atomic E-state index is 13.0. The highest BCUT2D eigenvalue weighted by molar-refractivity contribution is 5.80. The van der Waals surface area contributed by atoms with Crippen molar-refractivity contribution in [3.05, 3.63) is 18.0 Å². The summed E-state index contributed by atoms with van der Waals surface area (Å²) >= 11 is 0. The fourth-order valence-electron chi connectivity index (χ4n) is 3.25. The summed E-state index contributed by atoms with van der Waals surface area (Å²) in [4.78, 5) is 14.4. The molecule has 0 spiro atoms. The van der Waals surface area contributed by atoms with Crippen LogP contribution in [-0.4, -0.2) is 46.0 Å². The molecule has 5 nitrogen and oxygen atoms in total. The van der Waals surface area contributed by atoms with Crippen LogP contribution in [0.1, 0.15) is 31.4 Å². The highest BCUT2D eigenvalue weighted by atomic mass is 19.1. The highest BCUT2D eigenvalue weighted by Gasteiger charge is 2.38. The van der Waals surface area contributed by atoms with Crippen molar-refractivity contribution in [1.29, 1.82) is 0 Å². The van der Waals surface area contributed by atoms with E-state index in [1.807, 2.05) is 15.6 Å². The van der Waals surface area contributed by atoms with Crippen LogP contribution in [0.2, 0.25) is 0 Å². The van der Waals surface area contributed by atoms with E-state index in [0.717, 1.165) is 12.3 Å². The SMILES string of the molecule is O=C(C1CC(F)C1)N1Cc2ccnn2C[C@H](OCC2CC2)C1. The maximum atomic E-state index is 13.0. The van der Waals surface area contributed by atoms with E-state index in [1.54, 1.807) is 6.20 Å². The van der Waals surface area contributed by atoms with Crippen LogP contribution in [0, 0.1) is 11.8 Å². The number of aromatic nitrogens is 2. The second-order valence-electron chi connectivity index (χ2n) is 6.89. The van der Waals surface area contributed by atoms with Gasteiger partial charge in [-0.1, -0.05) is 0 Å². The summed E-state index contributed by atoms with van der Waals surface area (Å²) in [6.07, 6.45) is 4.21. The topological polar surface area (TPSA) is 47.4 Å². The number of halogens is 1. The first kappa shape index (κ1) is 14.2. The van der Waals surface area contributed by atoms with E-state index in [0.29, 0.717) is 38.4 Å². The molecule has 0 unspecified atom stereocenters. The Morgan fingerprint density at radius 2 is 2.18 bits per heavy atom. The molecule has 22 heavy (non-hydrogen) atoms. The van der Waals surface area contributed by atoms with Gasteiger partial charge in [0.25, 0.3) is 0 Å². The lowest BCUT2D eigenvalue weighted by Crippen LogP contribution is -2.45. The van der Waals surface area contributed by atoms with E-state index in [2.05, 4.69) is 5.10 Å². The van der Waals surface area contributed by atoms with Crippen molar-refractivity contribution < 1.29 is 13.9 Å². The van der Waals surface area contributed by atoms with Gasteiger partial charge in [-0.3, -0.25) is 9.48 Å². The number of carbonyl (C=O) groups is 1. The number of fused-ring (bicyclic) bond motifs is 1. The predicted molar refractivity (Wildman–Crippen MR) is 77.7 cm³/mol. The third-order valence-corrected chi connectivity index (χ3v) is 4.96. The molecule has 0 radical (unpaired) electrons. The summed E-state index contributed by atoms with van der Waals surface area (Å²) < 4.78 is 21.0. The number of hydrogen-bond acceptors (Lipinski definition) is 3. The lowest BCUT2D eigenvalue weighted by Gasteiger charge is -2.34. The van der Waals surface area contributed by atoms with Crippen molar-refractivity contribution in [2.24, 2.45) is 11.8 Å². The minimum absolute atomic E-state index is 0.0213. The summed E-state index contributed by atoms with van der Waals surface area (Å²) in [5.41, 5.74) is 1.03. The second kappa shape index (κ2) is 5.65. The van der Waals surface area contributed by atoms with Crippen LogP contribution < -0.4 is 0 Å². The normalized spacial score (nSPS) is 31.3. The van der Waals surface area contributed by atoms with E-state index >= 15 is 0 Å². The fourth-order valence-corrected chi connectivity index (χ4v) is 3.25. The summed E-state index contributed by atoms with van der Waals surface area (Å²) in [6.45, 7) is 2.60. The van der Waals surface area contributed by atoms with Gasteiger partial charge in [0.1, 0.15) is 6.17 Å². The molecule has 2 fully saturated rings. The summed E-state index contributed by atoms with van der Waals surface area (Å²) in [6, 6.07) is 1.95. The Labute approximate surface area is 129 Å². The van der Waals surface area contributed by atoms with Gasteiger partial charge in [-0.2, -0.15) is 5.10 Å². The van der Waals surface area contributed by atoms with Crippen molar-refractivity contribution in [2.75, 3.05) is 13.2 Å². The molecule has 1 atom stereocenters. The third-order valence-electron chi connectivity index (χ3n) is 4.96. The summed E-state index contributed by atoms with van der Waals surface area (Å²) in [5, 5.41) is 4.33. The van der Waals surface area contributed by atoms with Crippen LogP contribution >= 0.6 is 0 Å². The second-order valence-corrected chi connectivity index (χ2v) is 6.89. The molecule has 0 N–H and O–H groups in total. The molecular formula is C16H22FN3O2. The Balaban J connectivity index is 1.46. The quantitative estimate of drug-likeness (QED) is 0.852. The van der Waals surface area contributed by atoms with Crippen LogP contribution in [0.3, 0.4) is 0 Å². The Kier molecular flexibility index (Phi) is 3.64. The zero-order valence-electron chi connectivity index (χ0n) is 12.7. The first-order valence-corrected chi connectivity index (χ1v) is 8.24. The van der Waals surface area contributed by atoms with Crippen molar-refractivity contribution in [3.8, 4) is 0 Å². The molecule has 3 aliphatic rings. The van der Waals surface area contributed by atoms with Gasteiger partial charge < -0.3 is 9.64 Å². The molecule has 4 rings (SSSR count). The first-order chi connectivity index (χ1) is 10.7. The van der Waals surface area contributed by atoms with Crippen molar-refractivity contribution in [1.82, 2.24) is 14.7 Å².